The molecule has 1 aliphatic heterocycles. The fraction of sp³-hybridized carbons (Fsp3) is 0.280. The van der Waals surface area contributed by atoms with Crippen LogP contribution in [0, 0.1) is 29.9 Å². The van der Waals surface area contributed by atoms with Gasteiger partial charge >= 0.3 is 0 Å². The van der Waals surface area contributed by atoms with Crippen LogP contribution in [0.15, 0.2) is 47.3 Å². The minimum atomic E-state index is -0.494. The lowest BCUT2D eigenvalue weighted by molar-refractivity contribution is 0.297. The monoisotopic (exact) mass is 419 g/mol. The molecule has 1 aromatic heterocycles. The number of hydrogen-bond donors (Lipinski definition) is 1. The Balaban J connectivity index is 1.37. The number of aromatic amines is 1. The molecule has 4 nitrogen and oxygen atoms in total. The van der Waals surface area contributed by atoms with Gasteiger partial charge in [0.15, 0.2) is 0 Å². The molecule has 1 N–H and O–H groups in total. The Morgan fingerprint density at radius 2 is 2.00 bits per heavy atom. The van der Waals surface area contributed by atoms with Gasteiger partial charge in [0.25, 0.3) is 5.56 Å². The van der Waals surface area contributed by atoms with Gasteiger partial charge in [-0.1, -0.05) is 18.2 Å². The summed E-state index contributed by atoms with van der Waals surface area (Å²) in [6.45, 7) is 4.39. The van der Waals surface area contributed by atoms with E-state index in [1.54, 1.807) is 12.1 Å². The fourth-order valence-corrected chi connectivity index (χ4v) is 4.14. The average molecular weight is 419 g/mol. The molecule has 3 aromatic rings. The first-order chi connectivity index (χ1) is 15.0. The van der Waals surface area contributed by atoms with Gasteiger partial charge in [0.05, 0.1) is 10.9 Å². The Morgan fingerprint density at radius 1 is 1.16 bits per heavy atom. The van der Waals surface area contributed by atoms with Gasteiger partial charge in [0, 0.05) is 18.8 Å². The molecular formula is C25H23F2N3O. The quantitative estimate of drug-likeness (QED) is 0.652. The Labute approximate surface area is 179 Å². The smallest absolute Gasteiger partial charge is 0.259 e. The first kappa shape index (κ1) is 21.0. The summed E-state index contributed by atoms with van der Waals surface area (Å²) >= 11 is 0. The van der Waals surface area contributed by atoms with E-state index in [4.69, 9.17) is 5.26 Å². The van der Waals surface area contributed by atoms with Gasteiger partial charge in [0.2, 0.25) is 0 Å². The van der Waals surface area contributed by atoms with E-state index in [2.05, 4.69) is 16.0 Å². The van der Waals surface area contributed by atoms with Gasteiger partial charge < -0.3 is 4.98 Å². The molecule has 0 unspecified atom stereocenters. The normalized spacial score (nSPS) is 14.5. The number of benzene rings is 2. The predicted octanol–water partition coefficient (Wildman–Crippen LogP) is 4.71. The van der Waals surface area contributed by atoms with Crippen LogP contribution in [-0.2, 0) is 6.42 Å². The van der Waals surface area contributed by atoms with Crippen molar-refractivity contribution in [3.05, 3.63) is 86.8 Å². The molecular weight excluding hydrogens is 396 g/mol. The first-order valence-electron chi connectivity index (χ1n) is 10.4. The van der Waals surface area contributed by atoms with E-state index in [1.165, 1.54) is 18.2 Å². The lowest BCUT2D eigenvalue weighted by atomic mass is 9.98. The third-order valence-corrected chi connectivity index (χ3v) is 5.91. The number of aryl methyl sites for hydroxylation is 2. The summed E-state index contributed by atoms with van der Waals surface area (Å²) in [5.74, 6) is -0.978. The van der Waals surface area contributed by atoms with Crippen LogP contribution in [0.4, 0.5) is 8.78 Å². The zero-order valence-corrected chi connectivity index (χ0v) is 17.3. The summed E-state index contributed by atoms with van der Waals surface area (Å²) in [6.07, 6.45) is 4.49. The van der Waals surface area contributed by atoms with Crippen LogP contribution < -0.4 is 5.56 Å². The van der Waals surface area contributed by atoms with E-state index in [1.807, 2.05) is 19.1 Å². The zero-order chi connectivity index (χ0) is 22.0. The standard InChI is InChI=1S/C25H23F2N3O/c1-16-4-7-22(26)24-21(16)14-20(29-25(24)31)3-2-10-30-11-8-17(9-12-30)18-5-6-19(15-28)23(27)13-18/h4-8,13-14H,2-3,9-12H2,1H3,(H,29,31). The number of H-pyrrole nitrogens is 1. The van der Waals surface area contributed by atoms with Gasteiger partial charge in [-0.25, -0.2) is 8.78 Å². The van der Waals surface area contributed by atoms with E-state index >= 15 is 0 Å². The van der Waals surface area contributed by atoms with Crippen molar-refractivity contribution in [2.45, 2.75) is 26.2 Å². The van der Waals surface area contributed by atoms with E-state index in [-0.39, 0.29) is 16.5 Å². The maximum absolute atomic E-state index is 14.0. The minimum absolute atomic E-state index is 0.0615. The highest BCUT2D eigenvalue weighted by Gasteiger charge is 2.15. The molecule has 0 bridgehead atoms. The number of rotatable bonds is 5. The maximum atomic E-state index is 14.0. The number of nitrogens with one attached hydrogen (secondary N) is 1. The van der Waals surface area contributed by atoms with E-state index in [0.717, 1.165) is 54.9 Å². The fourth-order valence-electron chi connectivity index (χ4n) is 4.14. The van der Waals surface area contributed by atoms with Crippen LogP contribution in [0.1, 0.15) is 35.2 Å². The lowest BCUT2D eigenvalue weighted by Crippen LogP contribution is -2.29. The van der Waals surface area contributed by atoms with Crippen molar-refractivity contribution < 1.29 is 8.78 Å². The second-order valence-electron chi connectivity index (χ2n) is 7.97. The van der Waals surface area contributed by atoms with Gasteiger partial charge in [-0.3, -0.25) is 9.69 Å². The molecule has 1 aliphatic rings. The molecule has 0 amide bonds. The van der Waals surface area contributed by atoms with Crippen molar-refractivity contribution in [1.29, 1.82) is 5.26 Å². The molecule has 0 aliphatic carbocycles. The van der Waals surface area contributed by atoms with Crippen LogP contribution in [0.5, 0.6) is 0 Å². The molecule has 0 saturated carbocycles. The van der Waals surface area contributed by atoms with Crippen molar-refractivity contribution in [2.75, 3.05) is 19.6 Å². The van der Waals surface area contributed by atoms with Gasteiger partial charge in [-0.05, 0) is 79.1 Å². The summed E-state index contributed by atoms with van der Waals surface area (Å²) in [7, 11) is 0. The Morgan fingerprint density at radius 3 is 2.71 bits per heavy atom. The molecule has 31 heavy (non-hydrogen) atoms. The predicted molar refractivity (Wildman–Crippen MR) is 118 cm³/mol. The number of aromatic nitrogens is 1. The number of fused-ring (bicyclic) bond motifs is 1. The van der Waals surface area contributed by atoms with Crippen molar-refractivity contribution in [1.82, 2.24) is 9.88 Å². The highest BCUT2D eigenvalue weighted by atomic mass is 19.1. The molecule has 4 rings (SSSR count). The van der Waals surface area contributed by atoms with Crippen LogP contribution in [-0.4, -0.2) is 29.5 Å². The van der Waals surface area contributed by atoms with Crippen molar-refractivity contribution in [3.63, 3.8) is 0 Å². The number of halogens is 2. The first-order valence-corrected chi connectivity index (χ1v) is 10.4. The molecule has 0 fully saturated rings. The van der Waals surface area contributed by atoms with Crippen molar-refractivity contribution in [3.8, 4) is 6.07 Å². The zero-order valence-electron chi connectivity index (χ0n) is 17.3. The maximum Gasteiger partial charge on any atom is 0.259 e. The third-order valence-electron chi connectivity index (χ3n) is 5.91. The third kappa shape index (κ3) is 4.42. The van der Waals surface area contributed by atoms with Crippen LogP contribution in [0.25, 0.3) is 16.3 Å². The Kier molecular flexibility index (Phi) is 5.97. The highest BCUT2D eigenvalue weighted by Crippen LogP contribution is 2.24. The lowest BCUT2D eigenvalue weighted by Gasteiger charge is -2.26. The summed E-state index contributed by atoms with van der Waals surface area (Å²) in [4.78, 5) is 17.4. The number of pyridine rings is 1. The topological polar surface area (TPSA) is 59.9 Å². The van der Waals surface area contributed by atoms with E-state index in [9.17, 15) is 13.6 Å². The van der Waals surface area contributed by atoms with Crippen LogP contribution in [0.2, 0.25) is 0 Å². The molecule has 0 radical (unpaired) electrons. The summed E-state index contributed by atoms with van der Waals surface area (Å²) in [5.41, 5.74) is 3.30. The molecule has 6 heteroatoms. The summed E-state index contributed by atoms with van der Waals surface area (Å²) in [5, 5.41) is 9.65. The molecule has 0 saturated heterocycles. The minimum Gasteiger partial charge on any atom is -0.326 e. The summed E-state index contributed by atoms with van der Waals surface area (Å²) in [6, 6.07) is 11.5. The summed E-state index contributed by atoms with van der Waals surface area (Å²) < 4.78 is 27.9. The SMILES string of the molecule is Cc1ccc(F)c2c(=O)[nH]c(CCCN3CC=C(c4ccc(C#N)c(F)c4)CC3)cc12. The van der Waals surface area contributed by atoms with Crippen LogP contribution in [0.3, 0.4) is 0 Å². The van der Waals surface area contributed by atoms with Gasteiger partial charge in [0.1, 0.15) is 17.7 Å². The van der Waals surface area contributed by atoms with E-state index < -0.39 is 11.6 Å². The molecule has 0 atom stereocenters. The van der Waals surface area contributed by atoms with E-state index in [0.29, 0.717) is 11.8 Å². The molecule has 158 valence electrons. The highest BCUT2D eigenvalue weighted by molar-refractivity contribution is 5.85. The Hall–Kier alpha value is -3.30. The largest absolute Gasteiger partial charge is 0.326 e. The van der Waals surface area contributed by atoms with Crippen molar-refractivity contribution >= 4 is 16.3 Å². The molecule has 2 heterocycles. The number of hydrogen-bond acceptors (Lipinski definition) is 3. The Bertz CT molecular complexity index is 1270. The van der Waals surface area contributed by atoms with Crippen LogP contribution >= 0.6 is 0 Å². The second kappa shape index (κ2) is 8.83. The number of nitriles is 1. The molecule has 2 aromatic carbocycles. The number of nitrogens with zero attached hydrogens (tertiary/aromatic N) is 2. The average Bonchev–Trinajstić information content (AvgIpc) is 2.76. The van der Waals surface area contributed by atoms with Gasteiger partial charge in [-0.15, -0.1) is 0 Å². The molecule has 0 spiro atoms. The van der Waals surface area contributed by atoms with Gasteiger partial charge in [-0.2, -0.15) is 5.26 Å². The second-order valence-corrected chi connectivity index (χ2v) is 7.97. The van der Waals surface area contributed by atoms with Crippen molar-refractivity contribution in [2.24, 2.45) is 0 Å².